The van der Waals surface area contributed by atoms with Crippen molar-refractivity contribution in [3.63, 3.8) is 0 Å². The lowest BCUT2D eigenvalue weighted by atomic mass is 10.3. The Balaban J connectivity index is 1.94. The van der Waals surface area contributed by atoms with Crippen LogP contribution in [0.3, 0.4) is 0 Å². The van der Waals surface area contributed by atoms with Gasteiger partial charge in [-0.3, -0.25) is 9.10 Å². The highest BCUT2D eigenvalue weighted by atomic mass is 35.5. The Kier molecular flexibility index (Phi) is 6.87. The maximum Gasteiger partial charge on any atom is 0.264 e. The number of sulfonamides is 1. The van der Waals surface area contributed by atoms with Crippen molar-refractivity contribution in [3.8, 4) is 5.75 Å². The molecule has 9 heteroatoms. The van der Waals surface area contributed by atoms with E-state index in [1.54, 1.807) is 36.4 Å². The summed E-state index contributed by atoms with van der Waals surface area (Å²) < 4.78 is 32.7. The Labute approximate surface area is 185 Å². The zero-order valence-corrected chi connectivity index (χ0v) is 18.2. The first-order valence-electron chi connectivity index (χ1n) is 8.78. The molecule has 0 heterocycles. The van der Waals surface area contributed by atoms with Gasteiger partial charge in [-0.1, -0.05) is 35.3 Å². The van der Waals surface area contributed by atoms with Gasteiger partial charge in [0.2, 0.25) is 5.91 Å². The summed E-state index contributed by atoms with van der Waals surface area (Å²) >= 11 is 12.0. The number of nitrogens with one attached hydrogen (secondary N) is 1. The Morgan fingerprint density at radius 1 is 0.967 bits per heavy atom. The topological polar surface area (TPSA) is 75.7 Å². The number of rotatable bonds is 7. The van der Waals surface area contributed by atoms with Gasteiger partial charge in [0.25, 0.3) is 10.0 Å². The third kappa shape index (κ3) is 5.05. The number of hydrogen-bond acceptors (Lipinski definition) is 4. The van der Waals surface area contributed by atoms with E-state index in [1.165, 1.54) is 43.5 Å². The normalized spacial score (nSPS) is 11.0. The first kappa shape index (κ1) is 22.0. The number of methoxy groups -OCH3 is 1. The number of amides is 1. The molecule has 0 spiro atoms. The smallest absolute Gasteiger partial charge is 0.264 e. The van der Waals surface area contributed by atoms with E-state index in [4.69, 9.17) is 27.9 Å². The molecule has 3 rings (SSSR count). The summed E-state index contributed by atoms with van der Waals surface area (Å²) in [4.78, 5) is 12.7. The number of benzene rings is 3. The largest absolute Gasteiger partial charge is 0.497 e. The van der Waals surface area contributed by atoms with Crippen molar-refractivity contribution in [2.45, 2.75) is 4.90 Å². The molecule has 0 unspecified atom stereocenters. The zero-order valence-electron chi connectivity index (χ0n) is 15.9. The molecular weight excluding hydrogens is 447 g/mol. The molecule has 0 radical (unpaired) electrons. The van der Waals surface area contributed by atoms with Crippen LogP contribution in [0.4, 0.5) is 11.4 Å². The van der Waals surface area contributed by atoms with Crippen molar-refractivity contribution in [3.05, 3.63) is 82.8 Å². The molecule has 1 amide bonds. The second-order valence-electron chi connectivity index (χ2n) is 6.19. The van der Waals surface area contributed by atoms with E-state index in [-0.39, 0.29) is 4.90 Å². The van der Waals surface area contributed by atoms with Crippen molar-refractivity contribution >= 4 is 50.5 Å². The highest BCUT2D eigenvalue weighted by Crippen LogP contribution is 2.27. The Morgan fingerprint density at radius 2 is 1.60 bits per heavy atom. The molecule has 0 saturated carbocycles. The zero-order chi connectivity index (χ0) is 21.7. The third-order valence-electron chi connectivity index (χ3n) is 4.20. The van der Waals surface area contributed by atoms with Crippen LogP contribution >= 0.6 is 23.2 Å². The second kappa shape index (κ2) is 9.38. The average Bonchev–Trinajstić information content (AvgIpc) is 2.74. The van der Waals surface area contributed by atoms with Crippen LogP contribution in [-0.4, -0.2) is 28.0 Å². The van der Waals surface area contributed by atoms with Crippen molar-refractivity contribution in [1.29, 1.82) is 0 Å². The molecule has 6 nitrogen and oxygen atoms in total. The lowest BCUT2D eigenvalue weighted by molar-refractivity contribution is -0.114. The van der Waals surface area contributed by atoms with Crippen LogP contribution in [-0.2, 0) is 14.8 Å². The van der Waals surface area contributed by atoms with Gasteiger partial charge >= 0.3 is 0 Å². The fraction of sp³-hybridized carbons (Fsp3) is 0.0952. The highest BCUT2D eigenvalue weighted by Gasteiger charge is 2.27. The predicted molar refractivity (Wildman–Crippen MR) is 119 cm³/mol. The minimum Gasteiger partial charge on any atom is -0.497 e. The maximum absolute atomic E-state index is 13.3. The molecule has 30 heavy (non-hydrogen) atoms. The number of para-hydroxylation sites is 1. The molecule has 3 aromatic carbocycles. The lowest BCUT2D eigenvalue weighted by Gasteiger charge is -2.24. The van der Waals surface area contributed by atoms with Gasteiger partial charge in [0.15, 0.2) is 0 Å². The number of carbonyl (C=O) groups is 1. The molecular formula is C21H18Cl2N2O4S. The van der Waals surface area contributed by atoms with Crippen LogP contribution in [0.2, 0.25) is 10.0 Å². The summed E-state index contributed by atoms with van der Waals surface area (Å²) in [5.74, 6) is -0.0291. The van der Waals surface area contributed by atoms with Crippen molar-refractivity contribution in [1.82, 2.24) is 0 Å². The molecule has 0 aliphatic heterocycles. The van der Waals surface area contributed by atoms with Gasteiger partial charge in [0, 0.05) is 5.02 Å². The van der Waals surface area contributed by atoms with Gasteiger partial charge in [-0.15, -0.1) is 0 Å². The van der Waals surface area contributed by atoms with Gasteiger partial charge in [-0.25, -0.2) is 8.42 Å². The second-order valence-corrected chi connectivity index (χ2v) is 8.90. The Bertz CT molecular complexity index is 1130. The van der Waals surface area contributed by atoms with Gasteiger partial charge in [-0.05, 0) is 60.7 Å². The summed E-state index contributed by atoms with van der Waals surface area (Å²) in [7, 11) is -2.56. The number of anilines is 2. The summed E-state index contributed by atoms with van der Waals surface area (Å²) in [6.45, 7) is -0.457. The van der Waals surface area contributed by atoms with E-state index in [1.807, 2.05) is 0 Å². The minimum absolute atomic E-state index is 0.0174. The number of ether oxygens (including phenoxy) is 1. The maximum atomic E-state index is 13.3. The Hall–Kier alpha value is -2.74. The predicted octanol–water partition coefficient (Wildman–Crippen LogP) is 4.84. The van der Waals surface area contributed by atoms with E-state index >= 15 is 0 Å². The van der Waals surface area contributed by atoms with Crippen LogP contribution in [0.5, 0.6) is 5.75 Å². The van der Waals surface area contributed by atoms with Crippen LogP contribution in [0.15, 0.2) is 77.7 Å². The number of nitrogens with zero attached hydrogens (tertiary/aromatic N) is 1. The van der Waals surface area contributed by atoms with Crippen LogP contribution in [0, 0.1) is 0 Å². The number of hydrogen-bond donors (Lipinski definition) is 1. The standard InChI is InChI=1S/C21H18Cl2N2O4S/c1-29-17-10-12-18(13-11-17)30(27,28)25(16-8-6-15(22)7-9-16)14-21(26)24-20-5-3-2-4-19(20)23/h2-13H,14H2,1H3,(H,24,26). The SMILES string of the molecule is COc1ccc(S(=O)(=O)N(CC(=O)Nc2ccccc2Cl)c2ccc(Cl)cc2)cc1. The number of carbonyl (C=O) groups excluding carboxylic acids is 1. The number of halogens is 2. The van der Waals surface area contributed by atoms with Crippen LogP contribution in [0.25, 0.3) is 0 Å². The molecule has 0 aliphatic rings. The molecule has 0 saturated heterocycles. The molecule has 156 valence electrons. The summed E-state index contributed by atoms with van der Waals surface area (Å²) in [5, 5.41) is 3.43. The fourth-order valence-corrected chi connectivity index (χ4v) is 4.41. The monoisotopic (exact) mass is 464 g/mol. The molecule has 1 N–H and O–H groups in total. The van der Waals surface area contributed by atoms with E-state index in [0.29, 0.717) is 27.2 Å². The molecule has 0 fully saturated rings. The Morgan fingerprint density at radius 3 is 2.20 bits per heavy atom. The summed E-state index contributed by atoms with van der Waals surface area (Å²) in [5.41, 5.74) is 0.687. The summed E-state index contributed by atoms with van der Waals surface area (Å²) in [6, 6.07) is 18.8. The molecule has 3 aromatic rings. The molecule has 0 atom stereocenters. The minimum atomic E-state index is -4.05. The van der Waals surface area contributed by atoms with Gasteiger partial charge in [-0.2, -0.15) is 0 Å². The summed E-state index contributed by atoms with van der Waals surface area (Å²) in [6.07, 6.45) is 0. The lowest BCUT2D eigenvalue weighted by Crippen LogP contribution is -2.38. The van der Waals surface area contributed by atoms with Crippen molar-refractivity contribution < 1.29 is 17.9 Å². The molecule has 0 aromatic heterocycles. The van der Waals surface area contributed by atoms with Crippen molar-refractivity contribution in [2.24, 2.45) is 0 Å². The van der Waals surface area contributed by atoms with Gasteiger partial charge in [0.1, 0.15) is 12.3 Å². The van der Waals surface area contributed by atoms with Crippen LogP contribution < -0.4 is 14.4 Å². The third-order valence-corrected chi connectivity index (χ3v) is 6.57. The van der Waals surface area contributed by atoms with Crippen LogP contribution in [0.1, 0.15) is 0 Å². The van der Waals surface area contributed by atoms with Gasteiger partial charge in [0.05, 0.1) is 28.4 Å². The van der Waals surface area contributed by atoms with E-state index in [2.05, 4.69) is 5.32 Å². The first-order chi connectivity index (χ1) is 14.3. The van der Waals surface area contributed by atoms with Gasteiger partial charge < -0.3 is 10.1 Å². The quantitative estimate of drug-likeness (QED) is 0.542. The van der Waals surface area contributed by atoms with E-state index in [0.717, 1.165) is 4.31 Å². The molecule has 0 aliphatic carbocycles. The first-order valence-corrected chi connectivity index (χ1v) is 11.0. The average molecular weight is 465 g/mol. The van der Waals surface area contributed by atoms with Crippen molar-refractivity contribution in [2.75, 3.05) is 23.3 Å². The van der Waals surface area contributed by atoms with E-state index < -0.39 is 22.5 Å². The fourth-order valence-electron chi connectivity index (χ4n) is 2.68. The highest BCUT2D eigenvalue weighted by molar-refractivity contribution is 7.92. The molecule has 0 bridgehead atoms. The van der Waals surface area contributed by atoms with E-state index in [9.17, 15) is 13.2 Å².